The van der Waals surface area contributed by atoms with Crippen molar-refractivity contribution in [3.05, 3.63) is 76.5 Å². The highest BCUT2D eigenvalue weighted by atomic mass is 16.6. The fraction of sp³-hybridized carbons (Fsp3) is 0.111. The molecule has 21 heavy (non-hydrogen) atoms. The Kier molecular flexibility index (Phi) is 3.40. The van der Waals surface area contributed by atoms with Crippen LogP contribution in [0.3, 0.4) is 0 Å². The molecule has 0 atom stereocenters. The summed E-state index contributed by atoms with van der Waals surface area (Å²) >= 11 is 0. The van der Waals surface area contributed by atoms with Crippen molar-refractivity contribution in [3.63, 3.8) is 0 Å². The van der Waals surface area contributed by atoms with Gasteiger partial charge in [-0.2, -0.15) is 0 Å². The van der Waals surface area contributed by atoms with Gasteiger partial charge in [0.2, 0.25) is 5.90 Å². The van der Waals surface area contributed by atoms with E-state index in [1.165, 1.54) is 0 Å². The van der Waals surface area contributed by atoms with Crippen LogP contribution in [0.5, 0.6) is 0 Å². The average Bonchev–Trinajstić information content (AvgIpc) is 2.81. The molecule has 0 fully saturated rings. The summed E-state index contributed by atoms with van der Waals surface area (Å²) in [5.41, 5.74) is 4.37. The molecule has 0 saturated heterocycles. The first-order chi connectivity index (χ1) is 10.1. The SMILES string of the molecule is Cc1ccc(C2=N/C(=C\c3cccc(C)c3)C(=O)O2)cc1. The van der Waals surface area contributed by atoms with Crippen molar-refractivity contribution in [2.75, 3.05) is 0 Å². The molecule has 1 aliphatic heterocycles. The van der Waals surface area contributed by atoms with Gasteiger partial charge in [-0.05, 0) is 37.6 Å². The van der Waals surface area contributed by atoms with Gasteiger partial charge in [0.15, 0.2) is 5.70 Å². The Morgan fingerprint density at radius 2 is 1.76 bits per heavy atom. The van der Waals surface area contributed by atoms with E-state index in [2.05, 4.69) is 4.99 Å². The Hall–Kier alpha value is -2.68. The number of hydrogen-bond donors (Lipinski definition) is 0. The molecule has 0 radical (unpaired) electrons. The first kappa shape index (κ1) is 13.3. The lowest BCUT2D eigenvalue weighted by molar-refractivity contribution is -0.129. The summed E-state index contributed by atoms with van der Waals surface area (Å²) in [5.74, 6) is -0.0500. The van der Waals surface area contributed by atoms with Crippen molar-refractivity contribution in [3.8, 4) is 0 Å². The number of ether oxygens (including phenoxy) is 1. The highest BCUT2D eigenvalue weighted by molar-refractivity contribution is 6.12. The van der Waals surface area contributed by atoms with Gasteiger partial charge in [0.1, 0.15) is 0 Å². The summed E-state index contributed by atoms with van der Waals surface area (Å²) in [4.78, 5) is 16.2. The monoisotopic (exact) mass is 277 g/mol. The second-order valence-electron chi connectivity index (χ2n) is 5.12. The van der Waals surface area contributed by atoms with Crippen LogP contribution in [0.2, 0.25) is 0 Å². The zero-order valence-corrected chi connectivity index (χ0v) is 12.0. The molecule has 3 nitrogen and oxygen atoms in total. The number of aliphatic imine (C=N–C) groups is 1. The molecule has 0 N–H and O–H groups in total. The molecule has 1 heterocycles. The standard InChI is InChI=1S/C18H15NO2/c1-12-6-8-15(9-7-12)17-19-16(18(20)21-17)11-14-5-3-4-13(2)10-14/h3-11H,1-2H3/b16-11-. The van der Waals surface area contributed by atoms with E-state index in [1.807, 2.05) is 62.4 Å². The molecular weight excluding hydrogens is 262 g/mol. The first-order valence-electron chi connectivity index (χ1n) is 6.78. The van der Waals surface area contributed by atoms with Crippen molar-refractivity contribution in [2.24, 2.45) is 4.99 Å². The summed E-state index contributed by atoms with van der Waals surface area (Å²) in [6.07, 6.45) is 1.75. The summed E-state index contributed by atoms with van der Waals surface area (Å²) in [5, 5.41) is 0. The molecule has 0 spiro atoms. The number of rotatable bonds is 2. The van der Waals surface area contributed by atoms with Gasteiger partial charge >= 0.3 is 5.97 Å². The van der Waals surface area contributed by atoms with Crippen molar-refractivity contribution in [2.45, 2.75) is 13.8 Å². The van der Waals surface area contributed by atoms with E-state index in [4.69, 9.17) is 4.74 Å². The van der Waals surface area contributed by atoms with E-state index in [-0.39, 0.29) is 0 Å². The number of esters is 1. The summed E-state index contributed by atoms with van der Waals surface area (Å²) in [6.45, 7) is 4.02. The van der Waals surface area contributed by atoms with Crippen molar-refractivity contribution >= 4 is 17.9 Å². The molecule has 104 valence electrons. The van der Waals surface area contributed by atoms with E-state index in [9.17, 15) is 4.79 Å². The lowest BCUT2D eigenvalue weighted by Crippen LogP contribution is -2.05. The molecule has 2 aromatic rings. The van der Waals surface area contributed by atoms with Gasteiger partial charge in [-0.25, -0.2) is 9.79 Å². The van der Waals surface area contributed by atoms with Gasteiger partial charge in [0, 0.05) is 5.56 Å². The van der Waals surface area contributed by atoms with Gasteiger partial charge in [-0.1, -0.05) is 47.5 Å². The van der Waals surface area contributed by atoms with Gasteiger partial charge in [-0.15, -0.1) is 0 Å². The molecule has 2 aromatic carbocycles. The van der Waals surface area contributed by atoms with Crippen LogP contribution in [-0.2, 0) is 9.53 Å². The third-order valence-corrected chi connectivity index (χ3v) is 3.26. The molecular formula is C18H15NO2. The predicted octanol–water partition coefficient (Wildman–Crippen LogP) is 3.65. The molecule has 0 unspecified atom stereocenters. The van der Waals surface area contributed by atoms with Crippen LogP contribution in [0.4, 0.5) is 0 Å². The quantitative estimate of drug-likeness (QED) is 0.621. The number of nitrogens with zero attached hydrogens (tertiary/aromatic N) is 1. The van der Waals surface area contributed by atoms with Crippen molar-refractivity contribution in [1.29, 1.82) is 0 Å². The second-order valence-corrected chi connectivity index (χ2v) is 5.12. The molecule has 1 aliphatic rings. The lowest BCUT2D eigenvalue weighted by Gasteiger charge is -1.99. The molecule has 3 rings (SSSR count). The number of carbonyl (C=O) groups excluding carboxylic acids is 1. The zero-order valence-electron chi connectivity index (χ0n) is 12.0. The van der Waals surface area contributed by atoms with Crippen molar-refractivity contribution in [1.82, 2.24) is 0 Å². The van der Waals surface area contributed by atoms with Gasteiger partial charge in [-0.3, -0.25) is 0 Å². The van der Waals surface area contributed by atoms with E-state index < -0.39 is 5.97 Å². The normalized spacial score (nSPS) is 16.0. The fourth-order valence-electron chi connectivity index (χ4n) is 2.15. The first-order valence-corrected chi connectivity index (χ1v) is 6.78. The van der Waals surface area contributed by atoms with Crippen LogP contribution >= 0.6 is 0 Å². The van der Waals surface area contributed by atoms with Gasteiger partial charge in [0.05, 0.1) is 0 Å². The van der Waals surface area contributed by atoms with Crippen LogP contribution in [0.15, 0.2) is 59.2 Å². The minimum Gasteiger partial charge on any atom is -0.402 e. The maximum Gasteiger partial charge on any atom is 0.363 e. The maximum atomic E-state index is 11.9. The largest absolute Gasteiger partial charge is 0.402 e. The average molecular weight is 277 g/mol. The van der Waals surface area contributed by atoms with Crippen LogP contribution in [0.25, 0.3) is 6.08 Å². The summed E-state index contributed by atoms with van der Waals surface area (Å²) < 4.78 is 5.25. The Bertz CT molecular complexity index is 755. The zero-order chi connectivity index (χ0) is 14.8. The van der Waals surface area contributed by atoms with Gasteiger partial charge < -0.3 is 4.74 Å². The number of carbonyl (C=O) groups is 1. The Labute approximate surface area is 123 Å². The summed E-state index contributed by atoms with van der Waals surface area (Å²) in [6, 6.07) is 15.6. The third-order valence-electron chi connectivity index (χ3n) is 3.26. The van der Waals surface area contributed by atoms with Crippen molar-refractivity contribution < 1.29 is 9.53 Å². The number of aryl methyl sites for hydroxylation is 2. The Balaban J connectivity index is 1.93. The van der Waals surface area contributed by atoms with E-state index >= 15 is 0 Å². The number of benzene rings is 2. The molecule has 0 aliphatic carbocycles. The van der Waals surface area contributed by atoms with Crippen LogP contribution in [0, 0.1) is 13.8 Å². The van der Waals surface area contributed by atoms with E-state index in [0.29, 0.717) is 11.6 Å². The third kappa shape index (κ3) is 2.92. The van der Waals surface area contributed by atoms with Gasteiger partial charge in [0.25, 0.3) is 0 Å². The predicted molar refractivity (Wildman–Crippen MR) is 83.0 cm³/mol. The Morgan fingerprint density at radius 1 is 1.00 bits per heavy atom. The number of cyclic esters (lactones) is 1. The maximum absolute atomic E-state index is 11.9. The fourth-order valence-corrected chi connectivity index (χ4v) is 2.15. The molecule has 0 amide bonds. The van der Waals surface area contributed by atoms with Crippen LogP contribution < -0.4 is 0 Å². The van der Waals surface area contributed by atoms with E-state index in [1.54, 1.807) is 6.08 Å². The van der Waals surface area contributed by atoms with Crippen LogP contribution in [-0.4, -0.2) is 11.9 Å². The smallest absolute Gasteiger partial charge is 0.363 e. The molecule has 0 bridgehead atoms. The minimum absolute atomic E-state index is 0.330. The lowest BCUT2D eigenvalue weighted by atomic mass is 10.1. The van der Waals surface area contributed by atoms with E-state index in [0.717, 1.165) is 22.3 Å². The second kappa shape index (κ2) is 5.37. The molecule has 3 heteroatoms. The van der Waals surface area contributed by atoms with Crippen LogP contribution in [0.1, 0.15) is 22.3 Å². The molecule has 0 aromatic heterocycles. The highest BCUT2D eigenvalue weighted by Gasteiger charge is 2.23. The number of hydrogen-bond acceptors (Lipinski definition) is 3. The topological polar surface area (TPSA) is 38.7 Å². The molecule has 0 saturated carbocycles. The Morgan fingerprint density at radius 3 is 2.48 bits per heavy atom. The highest BCUT2D eigenvalue weighted by Crippen LogP contribution is 2.19. The minimum atomic E-state index is -0.410. The summed E-state index contributed by atoms with van der Waals surface area (Å²) in [7, 11) is 0.